The Balaban J connectivity index is 1.55. The molecule has 2 aromatic heterocycles. The Morgan fingerprint density at radius 1 is 1.06 bits per heavy atom. The highest BCUT2D eigenvalue weighted by molar-refractivity contribution is 5.99. The highest BCUT2D eigenvalue weighted by atomic mass is 16.5. The number of aryl methyl sites for hydroxylation is 1. The number of hydrogen-bond acceptors (Lipinski definition) is 4. The first-order valence-corrected chi connectivity index (χ1v) is 10.1. The molecule has 2 heterocycles. The van der Waals surface area contributed by atoms with E-state index in [0.29, 0.717) is 24.4 Å². The number of benzene rings is 2. The zero-order valence-electron chi connectivity index (χ0n) is 17.6. The highest BCUT2D eigenvalue weighted by Gasteiger charge is 2.21. The van der Waals surface area contributed by atoms with Gasteiger partial charge in [0.1, 0.15) is 18.1 Å². The van der Waals surface area contributed by atoms with Crippen LogP contribution in [0.3, 0.4) is 0 Å². The summed E-state index contributed by atoms with van der Waals surface area (Å²) in [5.41, 5.74) is 3.95. The number of pyridine rings is 1. The molecule has 0 saturated heterocycles. The van der Waals surface area contributed by atoms with Gasteiger partial charge >= 0.3 is 0 Å². The van der Waals surface area contributed by atoms with Crippen LogP contribution >= 0.6 is 0 Å². The summed E-state index contributed by atoms with van der Waals surface area (Å²) < 4.78 is 7.54. The number of nitrogens with zero attached hydrogens (tertiary/aromatic N) is 4. The van der Waals surface area contributed by atoms with E-state index in [1.165, 1.54) is 0 Å². The second-order valence-corrected chi connectivity index (χ2v) is 7.30. The lowest BCUT2D eigenvalue weighted by Crippen LogP contribution is -2.31. The van der Waals surface area contributed by atoms with Crippen LogP contribution in [0.1, 0.15) is 15.9 Å². The van der Waals surface area contributed by atoms with Gasteiger partial charge in [0.25, 0.3) is 5.91 Å². The van der Waals surface area contributed by atoms with Gasteiger partial charge in [-0.25, -0.2) is 4.68 Å². The molecule has 4 aromatic rings. The van der Waals surface area contributed by atoms with Crippen LogP contribution in [0.25, 0.3) is 16.9 Å². The monoisotopic (exact) mass is 412 g/mol. The van der Waals surface area contributed by atoms with E-state index < -0.39 is 0 Å². The first-order valence-electron chi connectivity index (χ1n) is 10.1. The maximum absolute atomic E-state index is 13.3. The summed E-state index contributed by atoms with van der Waals surface area (Å²) in [6.07, 6.45) is 5.20. The number of rotatable bonds is 7. The predicted molar refractivity (Wildman–Crippen MR) is 120 cm³/mol. The van der Waals surface area contributed by atoms with Crippen LogP contribution in [0.2, 0.25) is 0 Å². The molecule has 0 aliphatic rings. The Morgan fingerprint density at radius 2 is 1.90 bits per heavy atom. The van der Waals surface area contributed by atoms with Gasteiger partial charge in [-0.2, -0.15) is 5.10 Å². The number of aromatic nitrogens is 3. The lowest BCUT2D eigenvalue weighted by atomic mass is 10.1. The van der Waals surface area contributed by atoms with Gasteiger partial charge in [0.2, 0.25) is 0 Å². The summed E-state index contributed by atoms with van der Waals surface area (Å²) in [5, 5.41) is 4.69. The molecule has 0 saturated carbocycles. The molecule has 6 heteroatoms. The number of ether oxygens (including phenoxy) is 1. The third kappa shape index (κ3) is 4.80. The van der Waals surface area contributed by atoms with E-state index >= 15 is 0 Å². The minimum atomic E-state index is -0.117. The maximum Gasteiger partial charge on any atom is 0.257 e. The first-order chi connectivity index (χ1) is 15.1. The molecule has 0 aliphatic heterocycles. The SMILES string of the molecule is Cc1cccc(OCCN(C)C(=O)c2cn(-c3ccccc3)nc2-c2cccnc2)c1. The topological polar surface area (TPSA) is 60.2 Å². The molecule has 0 atom stereocenters. The molecule has 4 rings (SSSR count). The second-order valence-electron chi connectivity index (χ2n) is 7.30. The van der Waals surface area contributed by atoms with E-state index in [9.17, 15) is 4.79 Å². The minimum absolute atomic E-state index is 0.117. The molecule has 0 fully saturated rings. The number of hydrogen-bond donors (Lipinski definition) is 0. The van der Waals surface area contributed by atoms with Gasteiger partial charge < -0.3 is 9.64 Å². The van der Waals surface area contributed by atoms with E-state index in [2.05, 4.69) is 10.1 Å². The Kier molecular flexibility index (Phi) is 6.08. The van der Waals surface area contributed by atoms with Gasteiger partial charge in [0, 0.05) is 31.2 Å². The van der Waals surface area contributed by atoms with Crippen molar-refractivity contribution in [1.82, 2.24) is 19.7 Å². The molecular weight excluding hydrogens is 388 g/mol. The van der Waals surface area contributed by atoms with E-state index in [1.54, 1.807) is 35.2 Å². The molecule has 0 spiro atoms. The average Bonchev–Trinajstić information content (AvgIpc) is 3.25. The summed E-state index contributed by atoms with van der Waals surface area (Å²) >= 11 is 0. The number of carbonyl (C=O) groups is 1. The molecule has 2 aromatic carbocycles. The van der Waals surface area contributed by atoms with Gasteiger partial charge in [0.15, 0.2) is 0 Å². The molecule has 0 radical (unpaired) electrons. The van der Waals surface area contributed by atoms with Crippen LogP contribution in [0, 0.1) is 6.92 Å². The summed E-state index contributed by atoms with van der Waals surface area (Å²) in [6.45, 7) is 2.88. The fourth-order valence-electron chi connectivity index (χ4n) is 3.27. The van der Waals surface area contributed by atoms with Gasteiger partial charge in [0.05, 0.1) is 17.8 Å². The van der Waals surface area contributed by atoms with E-state index in [-0.39, 0.29) is 5.91 Å². The molecular formula is C25H24N4O2. The molecule has 6 nitrogen and oxygen atoms in total. The van der Waals surface area contributed by atoms with Crippen molar-refractivity contribution in [2.24, 2.45) is 0 Å². The van der Waals surface area contributed by atoms with Crippen LogP contribution < -0.4 is 4.74 Å². The van der Waals surface area contributed by atoms with Gasteiger partial charge in [-0.15, -0.1) is 0 Å². The molecule has 0 N–H and O–H groups in total. The standard InChI is InChI=1S/C25H24N4O2/c1-19-8-6-12-22(16-19)31-15-14-28(2)25(30)23-18-29(21-10-4-3-5-11-21)27-24(23)20-9-7-13-26-17-20/h3-13,16-18H,14-15H2,1-2H3. The number of likely N-dealkylation sites (N-methyl/N-ethyl adjacent to an activating group) is 1. The fourth-order valence-corrected chi connectivity index (χ4v) is 3.27. The van der Waals surface area contributed by atoms with E-state index in [1.807, 2.05) is 73.7 Å². The second kappa shape index (κ2) is 9.26. The minimum Gasteiger partial charge on any atom is -0.492 e. The summed E-state index contributed by atoms with van der Waals surface area (Å²) in [6, 6.07) is 21.3. The van der Waals surface area contributed by atoms with Crippen LogP contribution in [0.5, 0.6) is 5.75 Å². The molecule has 0 aliphatic carbocycles. The molecule has 0 unspecified atom stereocenters. The van der Waals surface area contributed by atoms with Crippen molar-refractivity contribution >= 4 is 5.91 Å². The number of carbonyl (C=O) groups excluding carboxylic acids is 1. The zero-order valence-corrected chi connectivity index (χ0v) is 17.6. The van der Waals surface area contributed by atoms with Crippen LogP contribution in [-0.4, -0.2) is 45.8 Å². The lowest BCUT2D eigenvalue weighted by Gasteiger charge is -2.17. The van der Waals surface area contributed by atoms with Crippen LogP contribution in [0.4, 0.5) is 0 Å². The van der Waals surface area contributed by atoms with Crippen molar-refractivity contribution < 1.29 is 9.53 Å². The Labute approximate surface area is 181 Å². The third-order valence-electron chi connectivity index (χ3n) is 4.93. The van der Waals surface area contributed by atoms with Crippen molar-refractivity contribution in [3.05, 3.63) is 96.4 Å². The smallest absolute Gasteiger partial charge is 0.257 e. The van der Waals surface area contributed by atoms with Gasteiger partial charge in [-0.3, -0.25) is 9.78 Å². The van der Waals surface area contributed by atoms with Crippen molar-refractivity contribution in [1.29, 1.82) is 0 Å². The molecule has 31 heavy (non-hydrogen) atoms. The van der Waals surface area contributed by atoms with Crippen LogP contribution in [-0.2, 0) is 0 Å². The van der Waals surface area contributed by atoms with Crippen molar-refractivity contribution in [3.63, 3.8) is 0 Å². The lowest BCUT2D eigenvalue weighted by molar-refractivity contribution is 0.0774. The quantitative estimate of drug-likeness (QED) is 0.452. The zero-order chi connectivity index (χ0) is 21.6. The summed E-state index contributed by atoms with van der Waals surface area (Å²) in [7, 11) is 1.77. The van der Waals surface area contributed by atoms with Crippen molar-refractivity contribution in [2.45, 2.75) is 6.92 Å². The number of amides is 1. The fraction of sp³-hybridized carbons (Fsp3) is 0.160. The van der Waals surface area contributed by atoms with Crippen molar-refractivity contribution in [2.75, 3.05) is 20.2 Å². The first kappa shape index (κ1) is 20.3. The van der Waals surface area contributed by atoms with E-state index in [0.717, 1.165) is 22.6 Å². The summed E-state index contributed by atoms with van der Waals surface area (Å²) in [4.78, 5) is 19.1. The normalized spacial score (nSPS) is 10.6. The average molecular weight is 412 g/mol. The Hall–Kier alpha value is -3.93. The van der Waals surface area contributed by atoms with Gasteiger partial charge in [-0.05, 0) is 48.9 Å². The summed E-state index contributed by atoms with van der Waals surface area (Å²) in [5.74, 6) is 0.683. The predicted octanol–water partition coefficient (Wildman–Crippen LogP) is 4.39. The third-order valence-corrected chi connectivity index (χ3v) is 4.93. The maximum atomic E-state index is 13.3. The van der Waals surface area contributed by atoms with E-state index in [4.69, 9.17) is 4.74 Å². The molecule has 0 bridgehead atoms. The Morgan fingerprint density at radius 3 is 2.65 bits per heavy atom. The van der Waals surface area contributed by atoms with Crippen molar-refractivity contribution in [3.8, 4) is 22.7 Å². The van der Waals surface area contributed by atoms with Crippen LogP contribution in [0.15, 0.2) is 85.3 Å². The molecule has 1 amide bonds. The van der Waals surface area contributed by atoms with Gasteiger partial charge in [-0.1, -0.05) is 30.3 Å². The number of para-hydroxylation sites is 1. The Bertz CT molecular complexity index is 1160. The largest absolute Gasteiger partial charge is 0.492 e. The highest BCUT2D eigenvalue weighted by Crippen LogP contribution is 2.24. The molecule has 156 valence electrons.